The summed E-state index contributed by atoms with van der Waals surface area (Å²) >= 11 is 0. The van der Waals surface area contributed by atoms with Crippen molar-refractivity contribution in [3.63, 3.8) is 0 Å². The van der Waals surface area contributed by atoms with Crippen molar-refractivity contribution in [2.45, 2.75) is 32.1 Å². The van der Waals surface area contributed by atoms with Crippen LogP contribution in [-0.2, 0) is 19.9 Å². The number of aromatic nitrogens is 1. The molecule has 0 radical (unpaired) electrons. The standard InChI is InChI=1S/C19H25N3O/c1-21-17-6-3-2-5-15(17)16-13-14(7-8-18(16)21)19(23)20-9-12-22-10-4-11-22/h7-8,13H,2-6,9-12H2,1H3,(H,20,23). The van der Waals surface area contributed by atoms with Gasteiger partial charge in [0.1, 0.15) is 0 Å². The highest BCUT2D eigenvalue weighted by Gasteiger charge is 2.19. The third kappa shape index (κ3) is 2.65. The van der Waals surface area contributed by atoms with E-state index < -0.39 is 0 Å². The Hall–Kier alpha value is -1.81. The largest absolute Gasteiger partial charge is 0.351 e. The fraction of sp³-hybridized carbons (Fsp3) is 0.526. The van der Waals surface area contributed by atoms with Crippen LogP contribution in [0.15, 0.2) is 18.2 Å². The van der Waals surface area contributed by atoms with E-state index in [4.69, 9.17) is 0 Å². The first-order valence-corrected chi connectivity index (χ1v) is 8.85. The molecule has 4 rings (SSSR count). The SMILES string of the molecule is Cn1c2c(c3cc(C(=O)NCCN4CCC4)ccc31)CCCC2. The summed E-state index contributed by atoms with van der Waals surface area (Å²) in [6, 6.07) is 6.17. The van der Waals surface area contributed by atoms with Gasteiger partial charge in [0.25, 0.3) is 5.91 Å². The lowest BCUT2D eigenvalue weighted by Gasteiger charge is -2.30. The quantitative estimate of drug-likeness (QED) is 0.942. The molecule has 2 heterocycles. The van der Waals surface area contributed by atoms with Crippen LogP contribution in [0.1, 0.15) is 40.9 Å². The number of hydrogen-bond donors (Lipinski definition) is 1. The van der Waals surface area contributed by atoms with Crippen molar-refractivity contribution in [3.05, 3.63) is 35.0 Å². The highest BCUT2D eigenvalue weighted by Crippen LogP contribution is 2.31. The second-order valence-corrected chi connectivity index (χ2v) is 6.87. The smallest absolute Gasteiger partial charge is 0.251 e. The molecule has 0 spiro atoms. The minimum Gasteiger partial charge on any atom is -0.351 e. The van der Waals surface area contributed by atoms with E-state index in [0.29, 0.717) is 0 Å². The molecule has 0 atom stereocenters. The van der Waals surface area contributed by atoms with Crippen LogP contribution in [-0.4, -0.2) is 41.6 Å². The Balaban J connectivity index is 1.54. The van der Waals surface area contributed by atoms with Crippen LogP contribution in [0.3, 0.4) is 0 Å². The van der Waals surface area contributed by atoms with Gasteiger partial charge in [0.2, 0.25) is 0 Å². The summed E-state index contributed by atoms with van der Waals surface area (Å²) in [6.07, 6.45) is 6.15. The Bertz CT molecular complexity index is 743. The number of carbonyl (C=O) groups is 1. The van der Waals surface area contributed by atoms with Crippen molar-refractivity contribution in [2.75, 3.05) is 26.2 Å². The number of nitrogens with zero attached hydrogens (tertiary/aromatic N) is 2. The van der Waals surface area contributed by atoms with Crippen molar-refractivity contribution in [2.24, 2.45) is 7.05 Å². The molecule has 0 unspecified atom stereocenters. The summed E-state index contributed by atoms with van der Waals surface area (Å²) in [5, 5.41) is 4.34. The number of nitrogens with one attached hydrogen (secondary N) is 1. The lowest BCUT2D eigenvalue weighted by molar-refractivity contribution is 0.0941. The molecule has 1 fully saturated rings. The molecule has 1 aliphatic carbocycles. The van der Waals surface area contributed by atoms with Gasteiger partial charge < -0.3 is 14.8 Å². The van der Waals surface area contributed by atoms with E-state index in [1.54, 1.807) is 0 Å². The lowest BCUT2D eigenvalue weighted by atomic mass is 9.95. The van der Waals surface area contributed by atoms with Gasteiger partial charge >= 0.3 is 0 Å². The van der Waals surface area contributed by atoms with Crippen molar-refractivity contribution in [1.82, 2.24) is 14.8 Å². The van der Waals surface area contributed by atoms with Gasteiger partial charge in [0, 0.05) is 42.3 Å². The molecule has 2 aliphatic rings. The molecule has 0 saturated carbocycles. The topological polar surface area (TPSA) is 37.3 Å². The summed E-state index contributed by atoms with van der Waals surface area (Å²) in [5.74, 6) is 0.0563. The van der Waals surface area contributed by atoms with Crippen LogP contribution in [0.4, 0.5) is 0 Å². The van der Waals surface area contributed by atoms with Crippen molar-refractivity contribution in [1.29, 1.82) is 0 Å². The first-order valence-electron chi connectivity index (χ1n) is 8.85. The van der Waals surface area contributed by atoms with Gasteiger partial charge in [-0.15, -0.1) is 0 Å². The number of aryl methyl sites for hydroxylation is 2. The fourth-order valence-electron chi connectivity index (χ4n) is 3.94. The molecular formula is C19H25N3O. The number of rotatable bonds is 4. The van der Waals surface area contributed by atoms with E-state index in [2.05, 4.69) is 34.0 Å². The van der Waals surface area contributed by atoms with E-state index in [-0.39, 0.29) is 5.91 Å². The maximum atomic E-state index is 12.4. The number of carbonyl (C=O) groups excluding carboxylic acids is 1. The predicted octanol–water partition coefficient (Wildman–Crippen LogP) is 2.49. The average molecular weight is 311 g/mol. The molecule has 2 aromatic rings. The molecule has 4 nitrogen and oxygen atoms in total. The highest BCUT2D eigenvalue weighted by molar-refractivity contribution is 5.99. The summed E-state index contributed by atoms with van der Waals surface area (Å²) in [5.41, 5.74) is 4.97. The predicted molar refractivity (Wildman–Crippen MR) is 93.0 cm³/mol. The molecule has 1 N–H and O–H groups in total. The number of likely N-dealkylation sites (tertiary alicyclic amines) is 1. The zero-order valence-corrected chi connectivity index (χ0v) is 13.9. The Morgan fingerprint density at radius 1 is 1.17 bits per heavy atom. The molecule has 1 aliphatic heterocycles. The van der Waals surface area contributed by atoms with Crippen LogP contribution < -0.4 is 5.32 Å². The summed E-state index contributed by atoms with van der Waals surface area (Å²) in [4.78, 5) is 14.8. The molecular weight excluding hydrogens is 286 g/mol. The third-order valence-corrected chi connectivity index (χ3v) is 5.45. The van der Waals surface area contributed by atoms with Crippen LogP contribution in [0.5, 0.6) is 0 Å². The molecule has 0 bridgehead atoms. The summed E-state index contributed by atoms with van der Waals surface area (Å²) in [6.45, 7) is 4.06. The Labute approximate surface area is 137 Å². The van der Waals surface area contributed by atoms with Crippen LogP contribution in [0.25, 0.3) is 10.9 Å². The Morgan fingerprint density at radius 3 is 2.78 bits per heavy atom. The van der Waals surface area contributed by atoms with Crippen LogP contribution >= 0.6 is 0 Å². The molecule has 1 aromatic carbocycles. The van der Waals surface area contributed by atoms with E-state index in [1.165, 1.54) is 54.5 Å². The first kappa shape index (κ1) is 14.8. The average Bonchev–Trinajstić information content (AvgIpc) is 2.83. The van der Waals surface area contributed by atoms with Crippen molar-refractivity contribution in [3.8, 4) is 0 Å². The van der Waals surface area contributed by atoms with Crippen LogP contribution in [0.2, 0.25) is 0 Å². The lowest BCUT2D eigenvalue weighted by Crippen LogP contribution is -2.42. The monoisotopic (exact) mass is 311 g/mol. The first-order chi connectivity index (χ1) is 11.2. The van der Waals surface area contributed by atoms with Crippen molar-refractivity contribution >= 4 is 16.8 Å². The Kier molecular flexibility index (Phi) is 3.85. The fourth-order valence-corrected chi connectivity index (χ4v) is 3.94. The zero-order valence-electron chi connectivity index (χ0n) is 13.9. The molecule has 23 heavy (non-hydrogen) atoms. The maximum absolute atomic E-state index is 12.4. The van der Waals surface area contributed by atoms with Gasteiger partial charge in [-0.1, -0.05) is 0 Å². The van der Waals surface area contributed by atoms with Gasteiger partial charge in [0.15, 0.2) is 0 Å². The van der Waals surface area contributed by atoms with Gasteiger partial charge in [-0.25, -0.2) is 0 Å². The second kappa shape index (κ2) is 6.00. The van der Waals surface area contributed by atoms with Gasteiger partial charge in [-0.2, -0.15) is 0 Å². The third-order valence-electron chi connectivity index (χ3n) is 5.45. The maximum Gasteiger partial charge on any atom is 0.251 e. The number of fused-ring (bicyclic) bond motifs is 3. The number of hydrogen-bond acceptors (Lipinski definition) is 2. The summed E-state index contributed by atoms with van der Waals surface area (Å²) in [7, 11) is 2.15. The normalized spacial score (nSPS) is 17.8. The van der Waals surface area contributed by atoms with E-state index in [1.807, 2.05) is 6.07 Å². The molecule has 1 aromatic heterocycles. The van der Waals surface area contributed by atoms with E-state index in [9.17, 15) is 4.79 Å². The van der Waals surface area contributed by atoms with Gasteiger partial charge in [-0.05, 0) is 69.0 Å². The minimum absolute atomic E-state index is 0.0563. The molecule has 122 valence electrons. The van der Waals surface area contributed by atoms with Gasteiger partial charge in [-0.3, -0.25) is 4.79 Å². The van der Waals surface area contributed by atoms with Gasteiger partial charge in [0.05, 0.1) is 0 Å². The summed E-state index contributed by atoms with van der Waals surface area (Å²) < 4.78 is 2.31. The number of benzene rings is 1. The zero-order chi connectivity index (χ0) is 15.8. The molecule has 1 saturated heterocycles. The van der Waals surface area contributed by atoms with Crippen LogP contribution in [0, 0.1) is 0 Å². The van der Waals surface area contributed by atoms with E-state index >= 15 is 0 Å². The highest BCUT2D eigenvalue weighted by atomic mass is 16.1. The molecule has 1 amide bonds. The Morgan fingerprint density at radius 2 is 2.00 bits per heavy atom. The minimum atomic E-state index is 0.0563. The number of amides is 1. The van der Waals surface area contributed by atoms with Crippen molar-refractivity contribution < 1.29 is 4.79 Å². The molecule has 4 heteroatoms. The second-order valence-electron chi connectivity index (χ2n) is 6.87. The van der Waals surface area contributed by atoms with E-state index in [0.717, 1.165) is 31.5 Å².